The van der Waals surface area contributed by atoms with Gasteiger partial charge in [0.2, 0.25) is 11.8 Å². The smallest absolute Gasteiger partial charge is 0.236 e. The van der Waals surface area contributed by atoms with Gasteiger partial charge in [0, 0.05) is 15.4 Å². The maximum atomic E-state index is 13.1. The number of halogens is 2. The molecule has 1 aromatic carbocycles. The van der Waals surface area contributed by atoms with Crippen LogP contribution in [0.15, 0.2) is 18.2 Å². The third-order valence-corrected chi connectivity index (χ3v) is 4.59. The lowest BCUT2D eigenvalue weighted by atomic mass is 9.96. The molecule has 0 aromatic heterocycles. The number of benzene rings is 1. The number of fused-ring (bicyclic) bond motifs is 2. The predicted molar refractivity (Wildman–Crippen MR) is 72.4 cm³/mol. The molecule has 1 aliphatic carbocycles. The second kappa shape index (κ2) is 4.29. The molecule has 2 aliphatic rings. The molecule has 3 rings (SSSR count). The second-order valence-electron chi connectivity index (χ2n) is 4.81. The number of piperidine rings is 1. The summed E-state index contributed by atoms with van der Waals surface area (Å²) in [6, 6.07) is 4.14. The average molecular weight is 359 g/mol. The Morgan fingerprint density at radius 3 is 2.33 bits per heavy atom. The van der Waals surface area contributed by atoms with Gasteiger partial charge in [0.1, 0.15) is 5.82 Å². The van der Waals surface area contributed by atoms with Gasteiger partial charge in [-0.15, -0.1) is 0 Å². The lowest BCUT2D eigenvalue weighted by molar-refractivity contribution is -0.133. The van der Waals surface area contributed by atoms with Gasteiger partial charge in [0.15, 0.2) is 0 Å². The molecule has 0 spiro atoms. The zero-order valence-corrected chi connectivity index (χ0v) is 11.7. The molecular formula is C13H11FINO2. The van der Waals surface area contributed by atoms with E-state index in [2.05, 4.69) is 0 Å². The molecule has 2 bridgehead atoms. The van der Waals surface area contributed by atoms with E-state index in [1.807, 2.05) is 22.6 Å². The van der Waals surface area contributed by atoms with Gasteiger partial charge in [-0.2, -0.15) is 0 Å². The van der Waals surface area contributed by atoms with Crippen molar-refractivity contribution in [2.45, 2.75) is 19.3 Å². The van der Waals surface area contributed by atoms with Gasteiger partial charge >= 0.3 is 0 Å². The Morgan fingerprint density at radius 1 is 1.17 bits per heavy atom. The molecule has 1 saturated carbocycles. The molecule has 0 N–H and O–H groups in total. The molecular weight excluding hydrogens is 348 g/mol. The number of hydrogen-bond donors (Lipinski definition) is 0. The number of carbonyl (C=O) groups excluding carboxylic acids is 2. The maximum Gasteiger partial charge on any atom is 0.236 e. The van der Waals surface area contributed by atoms with Crippen LogP contribution < -0.4 is 4.90 Å². The molecule has 1 aliphatic heterocycles. The van der Waals surface area contributed by atoms with Gasteiger partial charge in [0.05, 0.1) is 5.69 Å². The molecule has 94 valence electrons. The van der Waals surface area contributed by atoms with Gasteiger partial charge in [-0.1, -0.05) is 0 Å². The van der Waals surface area contributed by atoms with Gasteiger partial charge < -0.3 is 0 Å². The topological polar surface area (TPSA) is 37.4 Å². The number of amides is 2. The Bertz CT molecular complexity index is 524. The highest BCUT2D eigenvalue weighted by Gasteiger charge is 2.46. The van der Waals surface area contributed by atoms with Crippen LogP contribution >= 0.6 is 22.6 Å². The zero-order chi connectivity index (χ0) is 12.9. The minimum atomic E-state index is -0.358. The van der Waals surface area contributed by atoms with Crippen molar-refractivity contribution in [3.63, 3.8) is 0 Å². The molecule has 2 amide bonds. The number of imide groups is 1. The first-order valence-corrected chi connectivity index (χ1v) is 6.98. The number of hydrogen-bond acceptors (Lipinski definition) is 2. The summed E-state index contributed by atoms with van der Waals surface area (Å²) in [6.45, 7) is 0. The fourth-order valence-corrected chi connectivity index (χ4v) is 3.52. The van der Waals surface area contributed by atoms with E-state index < -0.39 is 0 Å². The number of nitrogens with zero attached hydrogens (tertiary/aromatic N) is 1. The van der Waals surface area contributed by atoms with Crippen LogP contribution in [0.2, 0.25) is 0 Å². The zero-order valence-electron chi connectivity index (χ0n) is 9.53. The summed E-state index contributed by atoms with van der Waals surface area (Å²) in [6.07, 6.45) is 2.28. The van der Waals surface area contributed by atoms with Crippen molar-refractivity contribution in [1.29, 1.82) is 0 Å². The monoisotopic (exact) mass is 359 g/mol. The first-order chi connectivity index (χ1) is 8.58. The first-order valence-electron chi connectivity index (χ1n) is 5.91. The van der Waals surface area contributed by atoms with E-state index in [1.165, 1.54) is 23.1 Å². The third kappa shape index (κ3) is 1.75. The van der Waals surface area contributed by atoms with E-state index in [-0.39, 0.29) is 29.5 Å². The predicted octanol–water partition coefficient (Wildman–Crippen LogP) is 2.72. The largest absolute Gasteiger partial charge is 0.274 e. The SMILES string of the molecule is O=C1C2CCC(C2)C(=O)N1c1ccc(F)cc1I. The molecule has 0 radical (unpaired) electrons. The van der Waals surface area contributed by atoms with Crippen molar-refractivity contribution in [2.24, 2.45) is 11.8 Å². The fourth-order valence-electron chi connectivity index (χ4n) is 2.80. The van der Waals surface area contributed by atoms with E-state index in [9.17, 15) is 14.0 Å². The van der Waals surface area contributed by atoms with Gasteiger partial charge in [-0.25, -0.2) is 9.29 Å². The van der Waals surface area contributed by atoms with Crippen molar-refractivity contribution in [3.8, 4) is 0 Å². The van der Waals surface area contributed by atoms with Crippen LogP contribution in [0.3, 0.4) is 0 Å². The molecule has 2 fully saturated rings. The average Bonchev–Trinajstić information content (AvgIpc) is 2.76. The number of carbonyl (C=O) groups is 2. The Kier molecular flexibility index (Phi) is 2.88. The Morgan fingerprint density at radius 2 is 1.78 bits per heavy atom. The van der Waals surface area contributed by atoms with Crippen LogP contribution in [-0.2, 0) is 9.59 Å². The number of anilines is 1. The standard InChI is InChI=1S/C13H11FINO2/c14-9-3-4-11(10(15)6-9)16-12(17)7-1-2-8(5-7)13(16)18/h3-4,6-8H,1-2,5H2. The number of rotatable bonds is 1. The first kappa shape index (κ1) is 12.1. The van der Waals surface area contributed by atoms with E-state index in [0.717, 1.165) is 12.8 Å². The highest BCUT2D eigenvalue weighted by Crippen LogP contribution is 2.40. The quantitative estimate of drug-likeness (QED) is 0.571. The van der Waals surface area contributed by atoms with E-state index >= 15 is 0 Å². The third-order valence-electron chi connectivity index (χ3n) is 3.72. The fraction of sp³-hybridized carbons (Fsp3) is 0.385. The minimum Gasteiger partial charge on any atom is -0.274 e. The summed E-state index contributed by atoms with van der Waals surface area (Å²) in [5.74, 6) is -0.679. The highest BCUT2D eigenvalue weighted by atomic mass is 127. The summed E-state index contributed by atoms with van der Waals surface area (Å²) < 4.78 is 13.7. The van der Waals surface area contributed by atoms with Crippen LogP contribution in [0.1, 0.15) is 19.3 Å². The van der Waals surface area contributed by atoms with Crippen molar-refractivity contribution in [1.82, 2.24) is 0 Å². The second-order valence-corrected chi connectivity index (χ2v) is 5.98. The van der Waals surface area contributed by atoms with E-state index in [0.29, 0.717) is 15.7 Å². The molecule has 18 heavy (non-hydrogen) atoms. The molecule has 2 atom stereocenters. The lowest BCUT2D eigenvalue weighted by Gasteiger charge is -2.30. The summed E-state index contributed by atoms with van der Waals surface area (Å²) in [5, 5.41) is 0. The maximum absolute atomic E-state index is 13.1. The minimum absolute atomic E-state index is 0.0337. The highest BCUT2D eigenvalue weighted by molar-refractivity contribution is 14.1. The molecule has 1 heterocycles. The summed E-state index contributed by atoms with van der Waals surface area (Å²) in [5.41, 5.74) is 0.517. The van der Waals surface area contributed by atoms with Crippen molar-refractivity contribution < 1.29 is 14.0 Å². The van der Waals surface area contributed by atoms with Crippen molar-refractivity contribution in [3.05, 3.63) is 27.6 Å². The van der Waals surface area contributed by atoms with Crippen LogP contribution in [0.5, 0.6) is 0 Å². The van der Waals surface area contributed by atoms with Crippen LogP contribution in [-0.4, -0.2) is 11.8 Å². The Balaban J connectivity index is 2.05. The Labute approximate surface area is 117 Å². The lowest BCUT2D eigenvalue weighted by Crippen LogP contribution is -2.46. The normalized spacial score (nSPS) is 26.9. The van der Waals surface area contributed by atoms with Gasteiger partial charge in [-0.05, 0) is 60.1 Å². The molecule has 3 nitrogen and oxygen atoms in total. The molecule has 1 aromatic rings. The van der Waals surface area contributed by atoms with E-state index in [1.54, 1.807) is 0 Å². The summed E-state index contributed by atoms with van der Waals surface area (Å²) in [4.78, 5) is 25.7. The molecule has 5 heteroatoms. The van der Waals surface area contributed by atoms with Crippen LogP contribution in [0, 0.1) is 21.2 Å². The van der Waals surface area contributed by atoms with Crippen LogP contribution in [0.25, 0.3) is 0 Å². The Hall–Kier alpha value is -0.980. The van der Waals surface area contributed by atoms with Crippen molar-refractivity contribution >= 4 is 40.1 Å². The van der Waals surface area contributed by atoms with Gasteiger partial charge in [-0.3, -0.25) is 9.59 Å². The van der Waals surface area contributed by atoms with Crippen LogP contribution in [0.4, 0.5) is 10.1 Å². The molecule has 1 saturated heterocycles. The summed E-state index contributed by atoms with van der Waals surface area (Å²) >= 11 is 1.96. The van der Waals surface area contributed by atoms with E-state index in [4.69, 9.17) is 0 Å². The molecule has 2 unspecified atom stereocenters. The summed E-state index contributed by atoms with van der Waals surface area (Å²) in [7, 11) is 0. The van der Waals surface area contributed by atoms with Crippen molar-refractivity contribution in [2.75, 3.05) is 4.90 Å². The van der Waals surface area contributed by atoms with Gasteiger partial charge in [0.25, 0.3) is 0 Å².